The monoisotopic (exact) mass is 382 g/mol. The minimum absolute atomic E-state index is 0.325. The van der Waals surface area contributed by atoms with Gasteiger partial charge in [-0.1, -0.05) is 0 Å². The molecule has 0 aliphatic rings. The summed E-state index contributed by atoms with van der Waals surface area (Å²) < 4.78 is 45.0. The summed E-state index contributed by atoms with van der Waals surface area (Å²) in [6.45, 7) is 0. The van der Waals surface area contributed by atoms with Crippen LogP contribution in [0.2, 0.25) is 0 Å². The van der Waals surface area contributed by atoms with Crippen LogP contribution in [0.25, 0.3) is 17.2 Å². The summed E-state index contributed by atoms with van der Waals surface area (Å²) in [4.78, 5) is 8.27. The molecular formula is C20H13F3N4O. The van der Waals surface area contributed by atoms with E-state index in [-0.39, 0.29) is 0 Å². The lowest BCUT2D eigenvalue weighted by Crippen LogP contribution is -2.03. The van der Waals surface area contributed by atoms with Gasteiger partial charge >= 0.3 is 6.18 Å². The van der Waals surface area contributed by atoms with E-state index in [2.05, 4.69) is 15.1 Å². The molecule has 0 aliphatic carbocycles. The fraction of sp³-hybridized carbons (Fsp3) is 0.0500. The van der Waals surface area contributed by atoms with Crippen molar-refractivity contribution in [2.75, 3.05) is 0 Å². The number of nitrogens with zero attached hydrogens (tertiary/aromatic N) is 4. The van der Waals surface area contributed by atoms with Crippen LogP contribution >= 0.6 is 0 Å². The Morgan fingerprint density at radius 1 is 0.786 bits per heavy atom. The van der Waals surface area contributed by atoms with Crippen LogP contribution in [-0.4, -0.2) is 19.7 Å². The van der Waals surface area contributed by atoms with Gasteiger partial charge in [0.05, 0.1) is 11.3 Å². The lowest BCUT2D eigenvalue weighted by atomic mass is 10.1. The van der Waals surface area contributed by atoms with Gasteiger partial charge in [0.25, 0.3) is 0 Å². The molecule has 0 radical (unpaired) electrons. The van der Waals surface area contributed by atoms with Gasteiger partial charge < -0.3 is 4.74 Å². The summed E-state index contributed by atoms with van der Waals surface area (Å²) in [6.07, 6.45) is 0.666. The molecule has 0 bridgehead atoms. The van der Waals surface area contributed by atoms with Crippen LogP contribution in [0, 0.1) is 0 Å². The van der Waals surface area contributed by atoms with Gasteiger partial charge in [0.15, 0.2) is 0 Å². The first kappa shape index (κ1) is 17.7. The molecule has 0 atom stereocenters. The van der Waals surface area contributed by atoms with Gasteiger partial charge in [-0.05, 0) is 60.7 Å². The zero-order valence-corrected chi connectivity index (χ0v) is 14.3. The summed E-state index contributed by atoms with van der Waals surface area (Å²) in [5.74, 6) is 1.30. The number of rotatable bonds is 4. The molecule has 28 heavy (non-hydrogen) atoms. The highest BCUT2D eigenvalue weighted by molar-refractivity contribution is 5.60. The number of aromatic nitrogens is 4. The number of alkyl halides is 3. The van der Waals surface area contributed by atoms with Gasteiger partial charge in [-0.25, -0.2) is 14.6 Å². The Hall–Kier alpha value is -3.68. The quantitative estimate of drug-likeness (QED) is 0.490. The predicted octanol–water partition coefficient (Wildman–Crippen LogP) is 5.14. The maximum Gasteiger partial charge on any atom is 0.416 e. The van der Waals surface area contributed by atoms with Crippen molar-refractivity contribution in [3.63, 3.8) is 0 Å². The maximum atomic E-state index is 12.6. The zero-order chi connectivity index (χ0) is 19.6. The normalized spacial score (nSPS) is 11.4. The van der Waals surface area contributed by atoms with E-state index >= 15 is 0 Å². The molecule has 0 saturated carbocycles. The molecule has 2 aromatic carbocycles. The fourth-order valence-corrected chi connectivity index (χ4v) is 2.54. The molecule has 4 aromatic rings. The summed E-state index contributed by atoms with van der Waals surface area (Å²) in [7, 11) is 0. The lowest BCUT2D eigenvalue weighted by molar-refractivity contribution is -0.137. The molecule has 140 valence electrons. The molecule has 2 aromatic heterocycles. The molecule has 0 aliphatic heterocycles. The van der Waals surface area contributed by atoms with Crippen molar-refractivity contribution in [2.24, 2.45) is 0 Å². The van der Waals surface area contributed by atoms with E-state index in [1.807, 2.05) is 18.2 Å². The Morgan fingerprint density at radius 3 is 2.00 bits per heavy atom. The third-order valence-electron chi connectivity index (χ3n) is 3.91. The highest BCUT2D eigenvalue weighted by Crippen LogP contribution is 2.31. The van der Waals surface area contributed by atoms with Gasteiger partial charge in [0, 0.05) is 24.2 Å². The standard InChI is InChI=1S/C20H13F3N4O/c21-20(22,23)15-4-8-17(9-5-15)28-16-6-2-14(3-7-16)18-10-13-27(26-18)19-24-11-1-12-25-19/h1-13H. The predicted molar refractivity (Wildman–Crippen MR) is 96.1 cm³/mol. The van der Waals surface area contributed by atoms with Gasteiger partial charge in [-0.2, -0.15) is 18.3 Å². The third kappa shape index (κ3) is 3.85. The molecule has 0 unspecified atom stereocenters. The topological polar surface area (TPSA) is 52.8 Å². The largest absolute Gasteiger partial charge is 0.457 e. The van der Waals surface area contributed by atoms with Crippen molar-refractivity contribution in [3.05, 3.63) is 84.8 Å². The minimum atomic E-state index is -4.37. The fourth-order valence-electron chi connectivity index (χ4n) is 2.54. The van der Waals surface area contributed by atoms with E-state index in [1.165, 1.54) is 12.1 Å². The van der Waals surface area contributed by atoms with Crippen LogP contribution in [0.5, 0.6) is 11.5 Å². The summed E-state index contributed by atoms with van der Waals surface area (Å²) in [6, 6.07) is 15.2. The van der Waals surface area contributed by atoms with Crippen LogP contribution in [0.15, 0.2) is 79.3 Å². The lowest BCUT2D eigenvalue weighted by Gasteiger charge is -2.09. The first-order valence-corrected chi connectivity index (χ1v) is 8.28. The first-order valence-electron chi connectivity index (χ1n) is 8.28. The zero-order valence-electron chi connectivity index (χ0n) is 14.3. The number of hydrogen-bond acceptors (Lipinski definition) is 4. The smallest absolute Gasteiger partial charge is 0.416 e. The van der Waals surface area contributed by atoms with Crippen molar-refractivity contribution in [1.82, 2.24) is 19.7 Å². The average molecular weight is 382 g/mol. The van der Waals surface area contributed by atoms with Gasteiger partial charge in [0.1, 0.15) is 11.5 Å². The Balaban J connectivity index is 1.48. The molecule has 2 heterocycles. The summed E-state index contributed by atoms with van der Waals surface area (Å²) in [5, 5.41) is 4.44. The van der Waals surface area contributed by atoms with Crippen LogP contribution in [0.3, 0.4) is 0 Å². The Morgan fingerprint density at radius 2 is 1.39 bits per heavy atom. The Labute approximate surface area is 158 Å². The molecule has 0 saturated heterocycles. The second kappa shape index (κ2) is 7.15. The number of hydrogen-bond donors (Lipinski definition) is 0. The molecule has 0 amide bonds. The Kier molecular flexibility index (Phi) is 4.52. The van der Waals surface area contributed by atoms with Gasteiger partial charge in [-0.3, -0.25) is 0 Å². The third-order valence-corrected chi connectivity index (χ3v) is 3.91. The number of benzene rings is 2. The minimum Gasteiger partial charge on any atom is -0.457 e. The maximum absolute atomic E-state index is 12.6. The Bertz CT molecular complexity index is 1060. The van der Waals surface area contributed by atoms with Gasteiger partial charge in [-0.15, -0.1) is 0 Å². The van der Waals surface area contributed by atoms with E-state index in [0.717, 1.165) is 23.4 Å². The van der Waals surface area contributed by atoms with E-state index in [9.17, 15) is 13.2 Å². The number of halogens is 3. The van der Waals surface area contributed by atoms with E-state index in [0.29, 0.717) is 17.4 Å². The SMILES string of the molecule is FC(F)(F)c1ccc(Oc2ccc(-c3ccn(-c4ncccn4)n3)cc2)cc1. The highest BCUT2D eigenvalue weighted by Gasteiger charge is 2.30. The highest BCUT2D eigenvalue weighted by atomic mass is 19.4. The summed E-state index contributed by atoms with van der Waals surface area (Å²) >= 11 is 0. The van der Waals surface area contributed by atoms with Crippen molar-refractivity contribution >= 4 is 0 Å². The molecule has 4 rings (SSSR count). The van der Waals surface area contributed by atoms with Crippen molar-refractivity contribution in [3.8, 4) is 28.7 Å². The molecule has 0 N–H and O–H groups in total. The second-order valence-electron chi connectivity index (χ2n) is 5.84. The van der Waals surface area contributed by atoms with Crippen molar-refractivity contribution in [2.45, 2.75) is 6.18 Å². The van der Waals surface area contributed by atoms with Crippen molar-refractivity contribution < 1.29 is 17.9 Å². The first-order chi connectivity index (χ1) is 13.5. The molecule has 5 nitrogen and oxygen atoms in total. The van der Waals surface area contributed by atoms with Crippen molar-refractivity contribution in [1.29, 1.82) is 0 Å². The molecule has 8 heteroatoms. The van der Waals surface area contributed by atoms with Crippen LogP contribution < -0.4 is 4.74 Å². The molecule has 0 fully saturated rings. The molecular weight excluding hydrogens is 369 g/mol. The second-order valence-corrected chi connectivity index (χ2v) is 5.84. The van der Waals surface area contributed by atoms with E-state index < -0.39 is 11.7 Å². The van der Waals surface area contributed by atoms with Gasteiger partial charge in [0.2, 0.25) is 5.95 Å². The van der Waals surface area contributed by atoms with Crippen LogP contribution in [0.1, 0.15) is 5.56 Å². The van der Waals surface area contributed by atoms with Crippen LogP contribution in [-0.2, 0) is 6.18 Å². The number of ether oxygens (including phenoxy) is 1. The summed E-state index contributed by atoms with van der Waals surface area (Å²) in [5.41, 5.74) is 0.871. The van der Waals surface area contributed by atoms with E-state index in [1.54, 1.807) is 41.5 Å². The molecule has 0 spiro atoms. The average Bonchev–Trinajstić information content (AvgIpc) is 3.19. The van der Waals surface area contributed by atoms with Crippen LogP contribution in [0.4, 0.5) is 13.2 Å². The van der Waals surface area contributed by atoms with E-state index in [4.69, 9.17) is 4.74 Å².